The molecule has 0 fully saturated rings. The normalized spacial score (nSPS) is 11.7. The van der Waals surface area contributed by atoms with Crippen molar-refractivity contribution in [1.29, 1.82) is 0 Å². The number of carbonyl (C=O) groups excluding carboxylic acids is 1. The van der Waals surface area contributed by atoms with Crippen LogP contribution in [0, 0.1) is 5.41 Å². The van der Waals surface area contributed by atoms with Gasteiger partial charge in [0.2, 0.25) is 5.91 Å². The van der Waals surface area contributed by atoms with E-state index in [9.17, 15) is 4.79 Å². The van der Waals surface area contributed by atoms with Crippen molar-refractivity contribution in [1.82, 2.24) is 0 Å². The highest BCUT2D eigenvalue weighted by Gasteiger charge is 2.45. The molecule has 0 aromatic heterocycles. The van der Waals surface area contributed by atoms with Crippen LogP contribution in [-0.4, -0.2) is 5.91 Å². The van der Waals surface area contributed by atoms with Gasteiger partial charge >= 0.3 is 0 Å². The van der Waals surface area contributed by atoms with Crippen molar-refractivity contribution in [2.75, 3.05) is 5.32 Å². The molecule has 172 valence electrons. The predicted octanol–water partition coefficient (Wildman–Crippen LogP) is 6.56. The Morgan fingerprint density at radius 2 is 1.09 bits per heavy atom. The quantitative estimate of drug-likeness (QED) is 0.293. The van der Waals surface area contributed by atoms with Gasteiger partial charge in [0, 0.05) is 16.7 Å². The Kier molecular flexibility index (Phi) is 7.29. The topological polar surface area (TPSA) is 29.1 Å². The van der Waals surface area contributed by atoms with Crippen molar-refractivity contribution in [3.05, 3.63) is 121 Å². The van der Waals surface area contributed by atoms with E-state index >= 15 is 0 Å². The van der Waals surface area contributed by atoms with Crippen molar-refractivity contribution in [3.63, 3.8) is 0 Å². The summed E-state index contributed by atoms with van der Waals surface area (Å²) in [7, 11) is -2.04. The number of carbonyl (C=O) groups is 1. The van der Waals surface area contributed by atoms with Crippen LogP contribution in [0.15, 0.2) is 115 Å². The lowest BCUT2D eigenvalue weighted by molar-refractivity contribution is -0.124. The minimum absolute atomic E-state index is 0.0607. The van der Waals surface area contributed by atoms with Gasteiger partial charge in [-0.1, -0.05) is 93.6 Å². The number of hydrogen-bond acceptors (Lipinski definition) is 1. The molecule has 0 aliphatic rings. The summed E-state index contributed by atoms with van der Waals surface area (Å²) in [6.07, 6.45) is 1.62. The molecule has 4 aromatic rings. The summed E-state index contributed by atoms with van der Waals surface area (Å²) in [5, 5.41) is 7.26. The van der Waals surface area contributed by atoms with Crippen molar-refractivity contribution in [2.45, 2.75) is 33.4 Å². The summed E-state index contributed by atoms with van der Waals surface area (Å²) in [5.41, 5.74) is 1.64. The lowest BCUT2D eigenvalue weighted by atomic mass is 9.89. The van der Waals surface area contributed by atoms with Gasteiger partial charge in [-0.25, -0.2) is 0 Å². The zero-order chi connectivity index (χ0) is 24.0. The zero-order valence-corrected chi connectivity index (χ0v) is 21.1. The van der Waals surface area contributed by atoms with Crippen molar-refractivity contribution < 1.29 is 4.79 Å². The second-order valence-corrected chi connectivity index (χ2v) is 12.8. The minimum atomic E-state index is -2.04. The maximum atomic E-state index is 13.1. The average molecular weight is 467 g/mol. The monoisotopic (exact) mass is 466 g/mol. The molecular formula is C31H33NOP+. The maximum absolute atomic E-state index is 13.1. The molecule has 0 bridgehead atoms. The number of rotatable bonds is 8. The first-order valence-electron chi connectivity index (χ1n) is 11.9. The molecule has 0 radical (unpaired) electrons. The molecule has 4 aromatic carbocycles. The molecule has 34 heavy (non-hydrogen) atoms. The highest BCUT2D eigenvalue weighted by Crippen LogP contribution is 2.58. The minimum Gasteiger partial charge on any atom is -0.325 e. The molecule has 1 amide bonds. The number of amides is 1. The Hall–Kier alpha value is -3.22. The van der Waals surface area contributed by atoms with Gasteiger partial charge in [-0.3, -0.25) is 4.79 Å². The first kappa shape index (κ1) is 23.9. The van der Waals surface area contributed by atoms with Crippen molar-refractivity contribution >= 4 is 34.8 Å². The highest BCUT2D eigenvalue weighted by atomic mass is 31.2. The Morgan fingerprint density at radius 1 is 0.676 bits per heavy atom. The average Bonchev–Trinajstić information content (AvgIpc) is 2.89. The Balaban J connectivity index is 1.90. The van der Waals surface area contributed by atoms with E-state index in [2.05, 4.69) is 115 Å². The van der Waals surface area contributed by atoms with Gasteiger partial charge in [-0.2, -0.15) is 0 Å². The van der Waals surface area contributed by atoms with E-state index in [-0.39, 0.29) is 5.91 Å². The van der Waals surface area contributed by atoms with Crippen LogP contribution in [0.2, 0.25) is 0 Å². The van der Waals surface area contributed by atoms with Gasteiger partial charge in [-0.05, 0) is 48.9 Å². The molecule has 3 heteroatoms. The summed E-state index contributed by atoms with van der Waals surface area (Å²) in [6.45, 7) is 6.06. The second-order valence-electron chi connectivity index (χ2n) is 9.32. The van der Waals surface area contributed by atoms with Crippen LogP contribution in [0.5, 0.6) is 0 Å². The molecule has 0 atom stereocenters. The van der Waals surface area contributed by atoms with Crippen LogP contribution in [0.25, 0.3) is 0 Å². The number of hydrogen-bond donors (Lipinski definition) is 1. The summed E-state index contributed by atoms with van der Waals surface area (Å²) in [6, 6.07) is 40.9. The summed E-state index contributed by atoms with van der Waals surface area (Å²) >= 11 is 0. The van der Waals surface area contributed by atoms with Gasteiger partial charge in [0.15, 0.2) is 0 Å². The lowest BCUT2D eigenvalue weighted by Crippen LogP contribution is -2.33. The maximum Gasteiger partial charge on any atom is 0.230 e. The third-order valence-corrected chi connectivity index (χ3v) is 11.1. The van der Waals surface area contributed by atoms with E-state index in [1.54, 1.807) is 0 Å². The third-order valence-electron chi connectivity index (χ3n) is 6.76. The van der Waals surface area contributed by atoms with Gasteiger partial charge in [0.05, 0.1) is 0 Å². The van der Waals surface area contributed by atoms with Gasteiger partial charge < -0.3 is 5.32 Å². The van der Waals surface area contributed by atoms with Gasteiger partial charge in [0.25, 0.3) is 0 Å². The van der Waals surface area contributed by atoms with E-state index in [0.29, 0.717) is 0 Å². The Labute approximate surface area is 204 Å². The van der Waals surface area contributed by atoms with Crippen LogP contribution in [-0.2, 0) is 11.0 Å². The number of benzene rings is 4. The number of nitrogens with one attached hydrogen (secondary N) is 1. The first-order valence-corrected chi connectivity index (χ1v) is 13.9. The summed E-state index contributed by atoms with van der Waals surface area (Å²) in [4.78, 5) is 13.1. The van der Waals surface area contributed by atoms with Crippen molar-refractivity contribution in [3.8, 4) is 0 Å². The van der Waals surface area contributed by atoms with Crippen LogP contribution in [0.3, 0.4) is 0 Å². The number of anilines is 1. The molecule has 1 N–H and O–H groups in total. The van der Waals surface area contributed by atoms with E-state index in [0.717, 1.165) is 23.8 Å². The molecule has 0 saturated carbocycles. The van der Waals surface area contributed by atoms with E-state index in [1.165, 1.54) is 15.9 Å². The first-order chi connectivity index (χ1) is 16.5. The molecule has 0 heterocycles. The Morgan fingerprint density at radius 3 is 1.53 bits per heavy atom. The predicted molar refractivity (Wildman–Crippen MR) is 148 cm³/mol. The molecule has 2 nitrogen and oxygen atoms in total. The fourth-order valence-electron chi connectivity index (χ4n) is 4.26. The van der Waals surface area contributed by atoms with Crippen molar-refractivity contribution in [2.24, 2.45) is 5.41 Å². The fourth-order valence-corrected chi connectivity index (χ4v) is 8.53. The summed E-state index contributed by atoms with van der Waals surface area (Å²) < 4.78 is 0. The molecular weight excluding hydrogens is 433 g/mol. The van der Waals surface area contributed by atoms with E-state index < -0.39 is 12.7 Å². The SMILES string of the molecule is CCC(C)(C)C(=O)Nc1ccccc1C[P+](c1ccccc1)(c1ccccc1)c1ccccc1. The third kappa shape index (κ3) is 4.83. The number of para-hydroxylation sites is 1. The van der Waals surface area contributed by atoms with Crippen LogP contribution in [0.1, 0.15) is 32.8 Å². The Bertz CT molecular complexity index is 1120. The van der Waals surface area contributed by atoms with Crippen LogP contribution >= 0.6 is 7.26 Å². The zero-order valence-electron chi connectivity index (χ0n) is 20.2. The molecule has 0 unspecified atom stereocenters. The second kappa shape index (κ2) is 10.4. The summed E-state index contributed by atoms with van der Waals surface area (Å²) in [5.74, 6) is 0.0607. The van der Waals surface area contributed by atoms with Crippen LogP contribution < -0.4 is 21.2 Å². The lowest BCUT2D eigenvalue weighted by Gasteiger charge is -2.29. The fraction of sp³-hybridized carbons (Fsp3) is 0.194. The highest BCUT2D eigenvalue weighted by molar-refractivity contribution is 7.95. The van der Waals surface area contributed by atoms with E-state index in [4.69, 9.17) is 0 Å². The molecule has 0 saturated heterocycles. The van der Waals surface area contributed by atoms with Gasteiger partial charge in [0.1, 0.15) is 29.3 Å². The van der Waals surface area contributed by atoms with Gasteiger partial charge in [-0.15, -0.1) is 0 Å². The largest absolute Gasteiger partial charge is 0.325 e. The smallest absolute Gasteiger partial charge is 0.230 e. The standard InChI is InChI=1S/C31H32NOP/c1-4-31(2,3)30(33)32-29-23-15-14-16-25(29)24-34(26-17-8-5-9-18-26,27-19-10-6-11-20-27)28-21-12-7-13-22-28/h5-23H,4,24H2,1-3H3/p+1. The van der Waals surface area contributed by atoms with Crippen LogP contribution in [0.4, 0.5) is 5.69 Å². The molecule has 0 aliphatic heterocycles. The molecule has 0 spiro atoms. The molecule has 0 aliphatic carbocycles. The van der Waals surface area contributed by atoms with E-state index in [1.807, 2.05) is 26.0 Å². The molecule has 4 rings (SSSR count).